The quantitative estimate of drug-likeness (QED) is 0.839. The number of hydrogen-bond donors (Lipinski definition) is 2. The molecule has 0 bridgehead atoms. The van der Waals surface area contributed by atoms with Gasteiger partial charge in [0, 0.05) is 6.42 Å². The number of hydrogen-bond acceptors (Lipinski definition) is 4. The fraction of sp³-hybridized carbons (Fsp3) is 0.417. The molecule has 0 saturated carbocycles. The van der Waals surface area contributed by atoms with Gasteiger partial charge < -0.3 is 20.3 Å². The number of rotatable bonds is 5. The summed E-state index contributed by atoms with van der Waals surface area (Å²) in [7, 11) is 3.10. The van der Waals surface area contributed by atoms with Crippen LogP contribution in [0.3, 0.4) is 0 Å². The van der Waals surface area contributed by atoms with Crippen LogP contribution in [0.4, 0.5) is 0 Å². The number of carboxylic acid groups (broad SMARTS) is 1. The first-order valence-electron chi connectivity index (χ1n) is 5.19. The van der Waals surface area contributed by atoms with E-state index in [-0.39, 0.29) is 19.9 Å². The Kier molecular flexibility index (Phi) is 6.57. The summed E-state index contributed by atoms with van der Waals surface area (Å²) in [5, 5.41) is 8.79. The summed E-state index contributed by atoms with van der Waals surface area (Å²) >= 11 is 0. The van der Waals surface area contributed by atoms with E-state index in [0.717, 1.165) is 11.1 Å². The van der Waals surface area contributed by atoms with Crippen LogP contribution in [0.5, 0.6) is 11.5 Å². The minimum absolute atomic E-state index is 0. The number of benzene rings is 1. The molecule has 102 valence electrons. The molecule has 0 spiro atoms. The molecule has 6 heteroatoms. The average Bonchev–Trinajstić information content (AvgIpc) is 2.30. The zero-order valence-electron chi connectivity index (χ0n) is 10.7. The fourth-order valence-electron chi connectivity index (χ4n) is 1.60. The molecular weight excluding hydrogens is 254 g/mol. The molecule has 0 aliphatic carbocycles. The van der Waals surface area contributed by atoms with Crippen molar-refractivity contribution in [2.45, 2.75) is 19.4 Å². The lowest BCUT2D eigenvalue weighted by Gasteiger charge is -2.14. The van der Waals surface area contributed by atoms with Crippen LogP contribution in [0.1, 0.15) is 11.1 Å². The van der Waals surface area contributed by atoms with Gasteiger partial charge in [-0.1, -0.05) is 0 Å². The van der Waals surface area contributed by atoms with E-state index in [1.54, 1.807) is 13.2 Å². The highest BCUT2D eigenvalue weighted by Crippen LogP contribution is 2.28. The molecule has 5 nitrogen and oxygen atoms in total. The van der Waals surface area contributed by atoms with Crippen LogP contribution in [0.2, 0.25) is 0 Å². The fourth-order valence-corrected chi connectivity index (χ4v) is 1.60. The molecule has 0 radical (unpaired) electrons. The Hall–Kier alpha value is -1.40. The van der Waals surface area contributed by atoms with E-state index in [2.05, 4.69) is 0 Å². The minimum Gasteiger partial charge on any atom is -0.496 e. The van der Waals surface area contributed by atoms with Gasteiger partial charge in [-0.2, -0.15) is 13.5 Å². The number of methoxy groups -OCH3 is 2. The second-order valence-corrected chi connectivity index (χ2v) is 3.78. The maximum absolute atomic E-state index is 10.7. The Balaban J connectivity index is 0.00000289. The van der Waals surface area contributed by atoms with Gasteiger partial charge in [-0.15, -0.1) is 0 Å². The summed E-state index contributed by atoms with van der Waals surface area (Å²) in [5.74, 6) is 0.282. The van der Waals surface area contributed by atoms with Crippen LogP contribution >= 0.6 is 13.5 Å². The number of ether oxygens (including phenoxy) is 2. The van der Waals surface area contributed by atoms with E-state index in [1.165, 1.54) is 7.11 Å². The number of nitrogens with two attached hydrogens (primary N) is 1. The van der Waals surface area contributed by atoms with E-state index in [1.807, 2.05) is 13.0 Å². The molecule has 1 rings (SSSR count). The van der Waals surface area contributed by atoms with Crippen molar-refractivity contribution >= 4 is 19.5 Å². The molecule has 18 heavy (non-hydrogen) atoms. The Morgan fingerprint density at radius 3 is 2.33 bits per heavy atom. The summed E-state index contributed by atoms with van der Waals surface area (Å²) in [6, 6.07) is 2.62. The van der Waals surface area contributed by atoms with Crippen molar-refractivity contribution < 1.29 is 19.4 Å². The summed E-state index contributed by atoms with van der Waals surface area (Å²) in [4.78, 5) is 10.7. The highest BCUT2D eigenvalue weighted by atomic mass is 32.1. The maximum Gasteiger partial charge on any atom is 0.320 e. The lowest BCUT2D eigenvalue weighted by Crippen LogP contribution is -2.32. The number of carboxylic acids is 1. The van der Waals surface area contributed by atoms with Crippen LogP contribution < -0.4 is 15.2 Å². The van der Waals surface area contributed by atoms with Crippen molar-refractivity contribution in [2.75, 3.05) is 14.2 Å². The molecule has 1 atom stereocenters. The Morgan fingerprint density at radius 2 is 1.89 bits per heavy atom. The molecular formula is C12H19NO4S. The monoisotopic (exact) mass is 273 g/mol. The van der Waals surface area contributed by atoms with E-state index in [9.17, 15) is 4.79 Å². The topological polar surface area (TPSA) is 81.8 Å². The lowest BCUT2D eigenvalue weighted by atomic mass is 10.0. The van der Waals surface area contributed by atoms with Crippen LogP contribution in [0.15, 0.2) is 12.1 Å². The molecule has 0 amide bonds. The van der Waals surface area contributed by atoms with E-state index in [4.69, 9.17) is 20.3 Å². The van der Waals surface area contributed by atoms with Gasteiger partial charge in [0.1, 0.15) is 17.5 Å². The molecule has 0 unspecified atom stereocenters. The van der Waals surface area contributed by atoms with Gasteiger partial charge in [-0.3, -0.25) is 4.79 Å². The second-order valence-electron chi connectivity index (χ2n) is 3.78. The molecule has 0 aliphatic rings. The lowest BCUT2D eigenvalue weighted by molar-refractivity contribution is -0.138. The van der Waals surface area contributed by atoms with Crippen molar-refractivity contribution in [3.05, 3.63) is 23.3 Å². The van der Waals surface area contributed by atoms with Gasteiger partial charge in [-0.05, 0) is 30.2 Å². The Morgan fingerprint density at radius 1 is 1.33 bits per heavy atom. The molecule has 3 N–H and O–H groups in total. The normalized spacial score (nSPS) is 11.3. The molecule has 0 fully saturated rings. The van der Waals surface area contributed by atoms with E-state index < -0.39 is 12.0 Å². The summed E-state index contributed by atoms with van der Waals surface area (Å²) in [6.45, 7) is 1.89. The minimum atomic E-state index is -1.04. The first-order valence-corrected chi connectivity index (χ1v) is 5.19. The molecule has 1 aromatic rings. The third-order valence-corrected chi connectivity index (χ3v) is 2.55. The van der Waals surface area contributed by atoms with Crippen LogP contribution in [-0.2, 0) is 11.2 Å². The van der Waals surface area contributed by atoms with Crippen LogP contribution in [0.25, 0.3) is 0 Å². The maximum atomic E-state index is 10.7. The van der Waals surface area contributed by atoms with Gasteiger partial charge in [0.2, 0.25) is 0 Å². The predicted molar refractivity (Wildman–Crippen MR) is 74.0 cm³/mol. The van der Waals surface area contributed by atoms with Gasteiger partial charge in [0.15, 0.2) is 0 Å². The van der Waals surface area contributed by atoms with E-state index in [0.29, 0.717) is 11.5 Å². The molecule has 1 aromatic carbocycles. The molecule has 0 saturated heterocycles. The van der Waals surface area contributed by atoms with Gasteiger partial charge >= 0.3 is 5.97 Å². The van der Waals surface area contributed by atoms with Crippen molar-refractivity contribution in [1.29, 1.82) is 0 Å². The van der Waals surface area contributed by atoms with Gasteiger partial charge in [0.05, 0.1) is 14.2 Å². The van der Waals surface area contributed by atoms with Crippen molar-refractivity contribution in [3.8, 4) is 11.5 Å². The molecule has 0 heterocycles. The molecule has 0 aliphatic heterocycles. The summed E-state index contributed by atoms with van der Waals surface area (Å²) in [5.41, 5.74) is 7.16. The number of aliphatic carboxylic acids is 1. The van der Waals surface area contributed by atoms with Crippen LogP contribution in [-0.4, -0.2) is 31.3 Å². The van der Waals surface area contributed by atoms with E-state index >= 15 is 0 Å². The molecule has 0 aromatic heterocycles. The second kappa shape index (κ2) is 7.13. The average molecular weight is 273 g/mol. The third-order valence-electron chi connectivity index (χ3n) is 2.55. The number of aryl methyl sites for hydroxylation is 1. The summed E-state index contributed by atoms with van der Waals surface area (Å²) < 4.78 is 10.4. The first-order chi connectivity index (χ1) is 7.99. The number of carbonyl (C=O) groups is 1. The van der Waals surface area contributed by atoms with Gasteiger partial charge in [-0.25, -0.2) is 0 Å². The predicted octanol–water partition coefficient (Wildman–Crippen LogP) is 1.08. The smallest absolute Gasteiger partial charge is 0.320 e. The SMILES string of the molecule is COc1cc(C[C@H](N)C(=O)O)c(OC)cc1C.S. The zero-order valence-corrected chi connectivity index (χ0v) is 11.7. The first kappa shape index (κ1) is 16.6. The van der Waals surface area contributed by atoms with Crippen molar-refractivity contribution in [1.82, 2.24) is 0 Å². The third kappa shape index (κ3) is 3.82. The largest absolute Gasteiger partial charge is 0.496 e. The highest BCUT2D eigenvalue weighted by molar-refractivity contribution is 7.59. The van der Waals surface area contributed by atoms with Crippen LogP contribution in [0, 0.1) is 6.92 Å². The Bertz CT molecular complexity index is 423. The van der Waals surface area contributed by atoms with Crippen molar-refractivity contribution in [3.63, 3.8) is 0 Å². The zero-order chi connectivity index (χ0) is 13.0. The summed E-state index contributed by atoms with van der Waals surface area (Å²) in [6.07, 6.45) is 0.204. The Labute approximate surface area is 113 Å². The highest BCUT2D eigenvalue weighted by Gasteiger charge is 2.16. The van der Waals surface area contributed by atoms with Gasteiger partial charge in [0.25, 0.3) is 0 Å². The standard InChI is InChI=1S/C12H17NO4.H2S/c1-7-4-11(17-3)8(6-10(7)16-2)5-9(13)12(14)15;/h4,6,9H,5,13H2,1-3H3,(H,14,15);1H2/t9-;/m0./s1. The van der Waals surface area contributed by atoms with Crippen molar-refractivity contribution in [2.24, 2.45) is 5.73 Å².